The lowest BCUT2D eigenvalue weighted by molar-refractivity contribution is -0.139. The summed E-state index contributed by atoms with van der Waals surface area (Å²) >= 11 is 6.03. The molecule has 2 rings (SSSR count). The highest BCUT2D eigenvalue weighted by Crippen LogP contribution is 2.18. The number of nitrogens with zero attached hydrogens (tertiary/aromatic N) is 1. The van der Waals surface area contributed by atoms with Gasteiger partial charge in [0.15, 0.2) is 6.61 Å². The van der Waals surface area contributed by atoms with Gasteiger partial charge in [-0.15, -0.1) is 0 Å². The number of para-hydroxylation sites is 1. The number of hydrazone groups is 1. The molecule has 2 aromatic rings. The second-order valence-electron chi connectivity index (χ2n) is 4.90. The van der Waals surface area contributed by atoms with Gasteiger partial charge in [0.1, 0.15) is 5.75 Å². The van der Waals surface area contributed by atoms with Crippen molar-refractivity contribution in [2.24, 2.45) is 5.10 Å². The first-order valence-corrected chi connectivity index (χ1v) is 7.38. The van der Waals surface area contributed by atoms with Crippen LogP contribution in [-0.4, -0.2) is 29.8 Å². The average Bonchev–Trinajstić information content (AvgIpc) is 2.53. The Labute approximate surface area is 143 Å². The van der Waals surface area contributed by atoms with Crippen molar-refractivity contribution in [3.8, 4) is 5.75 Å². The number of amides is 1. The molecule has 0 aromatic heterocycles. The lowest BCUT2D eigenvalue weighted by Crippen LogP contribution is -2.18. The number of carbonyl (C=O) groups excluding carboxylic acids is 1. The van der Waals surface area contributed by atoms with E-state index in [2.05, 4.69) is 10.5 Å². The zero-order valence-corrected chi connectivity index (χ0v) is 13.6. The van der Waals surface area contributed by atoms with E-state index in [0.29, 0.717) is 21.9 Å². The maximum atomic E-state index is 12.0. The monoisotopic (exact) mass is 346 g/mol. The molecule has 0 aliphatic carbocycles. The van der Waals surface area contributed by atoms with E-state index in [1.807, 2.05) is 6.92 Å². The van der Waals surface area contributed by atoms with Gasteiger partial charge in [-0.3, -0.25) is 4.79 Å². The number of aryl methyl sites for hydroxylation is 1. The lowest BCUT2D eigenvalue weighted by atomic mass is 10.1. The Morgan fingerprint density at radius 2 is 2.04 bits per heavy atom. The zero-order valence-electron chi connectivity index (χ0n) is 12.8. The van der Waals surface area contributed by atoms with Crippen molar-refractivity contribution >= 4 is 29.7 Å². The van der Waals surface area contributed by atoms with E-state index in [-0.39, 0.29) is 0 Å². The number of carboxylic acid groups (broad SMARTS) is 1. The molecule has 124 valence electrons. The molecule has 0 bridgehead atoms. The maximum Gasteiger partial charge on any atom is 0.341 e. The molecule has 0 aliphatic rings. The van der Waals surface area contributed by atoms with Crippen LogP contribution in [0.3, 0.4) is 0 Å². The molecule has 0 unspecified atom stereocenters. The summed E-state index contributed by atoms with van der Waals surface area (Å²) in [5, 5.41) is 12.9. The third kappa shape index (κ3) is 4.82. The number of rotatable bonds is 6. The van der Waals surface area contributed by atoms with Crippen LogP contribution in [0.5, 0.6) is 5.75 Å². The molecule has 0 spiro atoms. The van der Waals surface area contributed by atoms with Crippen molar-refractivity contribution in [1.82, 2.24) is 5.43 Å². The number of hydrogen-bond donors (Lipinski definition) is 2. The van der Waals surface area contributed by atoms with E-state index in [1.54, 1.807) is 42.5 Å². The fraction of sp³-hybridized carbons (Fsp3) is 0.118. The summed E-state index contributed by atoms with van der Waals surface area (Å²) in [5.74, 6) is -1.17. The Bertz CT molecular complexity index is 790. The minimum atomic E-state index is -1.08. The molecule has 1 amide bonds. The molecule has 0 atom stereocenters. The number of nitrogens with one attached hydrogen (secondary N) is 1. The number of hydrogen-bond acceptors (Lipinski definition) is 4. The summed E-state index contributed by atoms with van der Waals surface area (Å²) in [6.07, 6.45) is 1.37. The third-order valence-corrected chi connectivity index (χ3v) is 3.32. The summed E-state index contributed by atoms with van der Waals surface area (Å²) in [5.41, 5.74) is 4.17. The highest BCUT2D eigenvalue weighted by molar-refractivity contribution is 6.33. The van der Waals surface area contributed by atoms with Crippen molar-refractivity contribution in [3.63, 3.8) is 0 Å². The van der Waals surface area contributed by atoms with E-state index in [4.69, 9.17) is 21.4 Å². The molecule has 6 nitrogen and oxygen atoms in total. The van der Waals surface area contributed by atoms with Gasteiger partial charge in [0.2, 0.25) is 0 Å². The SMILES string of the molecule is Cc1ccc(C(=O)N/N=C/c2ccccc2OCC(=O)O)c(Cl)c1. The van der Waals surface area contributed by atoms with Gasteiger partial charge in [-0.05, 0) is 36.8 Å². The molecule has 2 N–H and O–H groups in total. The molecule has 0 fully saturated rings. The molecule has 0 heterocycles. The van der Waals surface area contributed by atoms with E-state index >= 15 is 0 Å². The third-order valence-electron chi connectivity index (χ3n) is 3.01. The first-order chi connectivity index (χ1) is 11.5. The maximum absolute atomic E-state index is 12.0. The van der Waals surface area contributed by atoms with E-state index in [0.717, 1.165) is 5.56 Å². The molecular weight excluding hydrogens is 332 g/mol. The minimum Gasteiger partial charge on any atom is -0.481 e. The quantitative estimate of drug-likeness (QED) is 0.622. The highest BCUT2D eigenvalue weighted by Gasteiger charge is 2.09. The van der Waals surface area contributed by atoms with Crippen LogP contribution < -0.4 is 10.2 Å². The second kappa shape index (κ2) is 8.12. The predicted molar refractivity (Wildman–Crippen MR) is 90.8 cm³/mol. The number of carboxylic acids is 1. The van der Waals surface area contributed by atoms with E-state index < -0.39 is 18.5 Å². The number of ether oxygens (including phenoxy) is 1. The normalized spacial score (nSPS) is 10.6. The van der Waals surface area contributed by atoms with Gasteiger partial charge in [0, 0.05) is 5.56 Å². The predicted octanol–water partition coefficient (Wildman–Crippen LogP) is 2.88. The fourth-order valence-corrected chi connectivity index (χ4v) is 2.20. The summed E-state index contributed by atoms with van der Waals surface area (Å²) in [6.45, 7) is 1.41. The minimum absolute atomic E-state index is 0.315. The Hall–Kier alpha value is -2.86. The largest absolute Gasteiger partial charge is 0.481 e. The van der Waals surface area contributed by atoms with Crippen LogP contribution in [0.4, 0.5) is 0 Å². The number of benzene rings is 2. The number of halogens is 1. The number of carbonyl (C=O) groups is 2. The van der Waals surface area contributed by atoms with Crippen LogP contribution in [-0.2, 0) is 4.79 Å². The van der Waals surface area contributed by atoms with Gasteiger partial charge < -0.3 is 9.84 Å². The molecular formula is C17H15ClN2O4. The molecule has 7 heteroatoms. The van der Waals surface area contributed by atoms with Crippen LogP contribution >= 0.6 is 11.6 Å². The lowest BCUT2D eigenvalue weighted by Gasteiger charge is -2.06. The second-order valence-corrected chi connectivity index (χ2v) is 5.31. The zero-order chi connectivity index (χ0) is 17.5. The summed E-state index contributed by atoms with van der Waals surface area (Å²) in [7, 11) is 0. The van der Waals surface area contributed by atoms with Crippen molar-refractivity contribution < 1.29 is 19.4 Å². The first kappa shape index (κ1) is 17.5. The van der Waals surface area contributed by atoms with Crippen LogP contribution in [0.15, 0.2) is 47.6 Å². The molecule has 0 aliphatic heterocycles. The van der Waals surface area contributed by atoms with Gasteiger partial charge in [-0.2, -0.15) is 5.10 Å². The van der Waals surface area contributed by atoms with Crippen LogP contribution in [0, 0.1) is 6.92 Å². The van der Waals surface area contributed by atoms with Gasteiger partial charge in [-0.1, -0.05) is 29.8 Å². The number of aliphatic carboxylic acids is 1. The van der Waals surface area contributed by atoms with E-state index in [9.17, 15) is 9.59 Å². The Balaban J connectivity index is 2.06. The molecule has 0 saturated carbocycles. The van der Waals surface area contributed by atoms with Crippen molar-refractivity contribution in [2.75, 3.05) is 6.61 Å². The highest BCUT2D eigenvalue weighted by atomic mass is 35.5. The Morgan fingerprint density at radius 1 is 1.29 bits per heavy atom. The van der Waals surface area contributed by atoms with E-state index in [1.165, 1.54) is 6.21 Å². The molecule has 24 heavy (non-hydrogen) atoms. The van der Waals surface area contributed by atoms with Crippen molar-refractivity contribution in [2.45, 2.75) is 6.92 Å². The summed E-state index contributed by atoms with van der Waals surface area (Å²) in [4.78, 5) is 22.6. The van der Waals surface area contributed by atoms with Crippen LogP contribution in [0.1, 0.15) is 21.5 Å². The summed E-state index contributed by atoms with van der Waals surface area (Å²) in [6, 6.07) is 11.8. The Kier molecular flexibility index (Phi) is 5.92. The first-order valence-electron chi connectivity index (χ1n) is 7.00. The van der Waals surface area contributed by atoms with Gasteiger partial charge >= 0.3 is 5.97 Å². The standard InChI is InChI=1S/C17H15ClN2O4/c1-11-6-7-13(14(18)8-11)17(23)20-19-9-12-4-2-3-5-15(12)24-10-16(21)22/h2-9H,10H2,1H3,(H,20,23)(H,21,22)/b19-9+. The van der Waals surface area contributed by atoms with Crippen LogP contribution in [0.2, 0.25) is 5.02 Å². The smallest absolute Gasteiger partial charge is 0.341 e. The van der Waals surface area contributed by atoms with Crippen molar-refractivity contribution in [1.29, 1.82) is 0 Å². The van der Waals surface area contributed by atoms with Crippen molar-refractivity contribution in [3.05, 3.63) is 64.2 Å². The topological polar surface area (TPSA) is 88.0 Å². The Morgan fingerprint density at radius 3 is 2.75 bits per heavy atom. The summed E-state index contributed by atoms with van der Waals surface area (Å²) < 4.78 is 5.15. The van der Waals surface area contributed by atoms with Crippen LogP contribution in [0.25, 0.3) is 0 Å². The molecule has 0 saturated heterocycles. The average molecular weight is 347 g/mol. The van der Waals surface area contributed by atoms with Gasteiger partial charge in [0.25, 0.3) is 5.91 Å². The van der Waals surface area contributed by atoms with Gasteiger partial charge in [0.05, 0.1) is 16.8 Å². The van der Waals surface area contributed by atoms with Gasteiger partial charge in [-0.25, -0.2) is 10.2 Å². The molecule has 2 aromatic carbocycles. The fourth-order valence-electron chi connectivity index (χ4n) is 1.88. The molecule has 0 radical (unpaired) electrons.